The van der Waals surface area contributed by atoms with Crippen LogP contribution in [-0.2, 0) is 9.53 Å². The zero-order chi connectivity index (χ0) is 14.7. The molecule has 110 valence electrons. The Morgan fingerprint density at radius 1 is 1.26 bits per heavy atom. The van der Waals surface area contributed by atoms with E-state index in [4.69, 9.17) is 4.74 Å². The Balaban J connectivity index is 0.000000362. The number of hydrogen-bond donors (Lipinski definition) is 0. The third kappa shape index (κ3) is 9.52. The molecule has 1 saturated heterocycles. The van der Waals surface area contributed by atoms with E-state index in [1.807, 2.05) is 13.8 Å². The molecule has 0 unspecified atom stereocenters. The van der Waals surface area contributed by atoms with Crippen LogP contribution in [0, 0.1) is 17.8 Å². The molecule has 1 aliphatic rings. The smallest absolute Gasteiger partial charge is 0.224 e. The lowest BCUT2D eigenvalue weighted by molar-refractivity contribution is -0.131. The molecule has 0 aromatic rings. The Morgan fingerprint density at radius 2 is 1.84 bits per heavy atom. The van der Waals surface area contributed by atoms with Crippen LogP contribution in [0.1, 0.15) is 27.2 Å². The normalized spacial score (nSPS) is 15.1. The van der Waals surface area contributed by atoms with Crippen molar-refractivity contribution in [2.24, 2.45) is 5.92 Å². The van der Waals surface area contributed by atoms with E-state index >= 15 is 0 Å². The molecule has 0 aromatic carbocycles. The molecular weight excluding hydrogens is 240 g/mol. The van der Waals surface area contributed by atoms with Gasteiger partial charge in [-0.2, -0.15) is 0 Å². The van der Waals surface area contributed by atoms with Gasteiger partial charge < -0.3 is 9.64 Å². The van der Waals surface area contributed by atoms with Gasteiger partial charge in [0.25, 0.3) is 0 Å². The minimum atomic E-state index is 0.130. The second kappa shape index (κ2) is 10.8. The zero-order valence-electron chi connectivity index (χ0n) is 13.0. The number of amides is 1. The average molecular weight is 268 g/mol. The van der Waals surface area contributed by atoms with Crippen molar-refractivity contribution in [3.05, 3.63) is 0 Å². The lowest BCUT2D eigenvalue weighted by atomic mass is 10.2. The summed E-state index contributed by atoms with van der Waals surface area (Å²) in [7, 11) is 3.53. The molecule has 0 aromatic heterocycles. The van der Waals surface area contributed by atoms with E-state index in [1.54, 1.807) is 19.0 Å². The van der Waals surface area contributed by atoms with Crippen molar-refractivity contribution in [1.29, 1.82) is 0 Å². The third-order valence-corrected chi connectivity index (χ3v) is 2.64. The molecule has 4 heteroatoms. The first kappa shape index (κ1) is 17.9. The van der Waals surface area contributed by atoms with Gasteiger partial charge >= 0.3 is 0 Å². The first-order valence-electron chi connectivity index (χ1n) is 6.96. The monoisotopic (exact) mass is 268 g/mol. The minimum absolute atomic E-state index is 0.130. The van der Waals surface area contributed by atoms with Crippen LogP contribution in [0.4, 0.5) is 0 Å². The van der Waals surface area contributed by atoms with Gasteiger partial charge in [-0.25, -0.2) is 0 Å². The van der Waals surface area contributed by atoms with Crippen molar-refractivity contribution in [2.75, 3.05) is 46.9 Å². The number of carbonyl (C=O) groups excluding carboxylic acids is 1. The first-order valence-corrected chi connectivity index (χ1v) is 6.96. The number of morpholine rings is 1. The SMILES string of the molecule is CC(C)C(=O)N(C)C.CCC#CCN1CCOCC1. The second-order valence-electron chi connectivity index (χ2n) is 4.98. The predicted molar refractivity (Wildman–Crippen MR) is 78.9 cm³/mol. The molecule has 1 fully saturated rings. The Hall–Kier alpha value is -1.05. The van der Waals surface area contributed by atoms with Crippen LogP contribution in [0.2, 0.25) is 0 Å². The van der Waals surface area contributed by atoms with Gasteiger partial charge in [-0.15, -0.1) is 5.92 Å². The van der Waals surface area contributed by atoms with Crippen LogP contribution in [-0.4, -0.2) is 62.7 Å². The Morgan fingerprint density at radius 3 is 2.21 bits per heavy atom. The second-order valence-corrected chi connectivity index (χ2v) is 4.98. The Kier molecular flexibility index (Phi) is 10.2. The summed E-state index contributed by atoms with van der Waals surface area (Å²) in [5.74, 6) is 6.50. The maximum absolute atomic E-state index is 10.8. The van der Waals surface area contributed by atoms with Crippen LogP contribution >= 0.6 is 0 Å². The van der Waals surface area contributed by atoms with E-state index < -0.39 is 0 Å². The Labute approximate surface area is 118 Å². The summed E-state index contributed by atoms with van der Waals surface area (Å²) in [6, 6.07) is 0. The summed E-state index contributed by atoms with van der Waals surface area (Å²) in [5, 5.41) is 0. The highest BCUT2D eigenvalue weighted by molar-refractivity contribution is 5.77. The molecule has 19 heavy (non-hydrogen) atoms. The molecule has 4 nitrogen and oxygen atoms in total. The van der Waals surface area contributed by atoms with Gasteiger partial charge in [-0.05, 0) is 0 Å². The summed E-state index contributed by atoms with van der Waals surface area (Å²) in [6.07, 6.45) is 0.963. The van der Waals surface area contributed by atoms with E-state index in [0.717, 1.165) is 39.3 Å². The molecule has 1 amide bonds. The van der Waals surface area contributed by atoms with E-state index in [9.17, 15) is 4.79 Å². The largest absolute Gasteiger partial charge is 0.379 e. The van der Waals surface area contributed by atoms with E-state index in [1.165, 1.54) is 0 Å². The predicted octanol–water partition coefficient (Wildman–Crippen LogP) is 1.46. The van der Waals surface area contributed by atoms with Crippen LogP contribution in [0.5, 0.6) is 0 Å². The molecule has 0 aliphatic carbocycles. The number of nitrogens with zero attached hydrogens (tertiary/aromatic N) is 2. The fourth-order valence-electron chi connectivity index (χ4n) is 1.57. The average Bonchev–Trinajstić information content (AvgIpc) is 2.40. The van der Waals surface area contributed by atoms with E-state index in [2.05, 4.69) is 23.7 Å². The molecule has 0 spiro atoms. The van der Waals surface area contributed by atoms with Gasteiger partial charge in [0.2, 0.25) is 5.91 Å². The maximum Gasteiger partial charge on any atom is 0.224 e. The molecule has 0 radical (unpaired) electrons. The first-order chi connectivity index (χ1) is 8.99. The molecule has 0 bridgehead atoms. The van der Waals surface area contributed by atoms with Crippen molar-refractivity contribution in [3.63, 3.8) is 0 Å². The molecule has 1 heterocycles. The summed E-state index contributed by atoms with van der Waals surface area (Å²) in [5.41, 5.74) is 0. The van der Waals surface area contributed by atoms with Gasteiger partial charge in [-0.3, -0.25) is 9.69 Å². The van der Waals surface area contributed by atoms with Gasteiger partial charge in [0.15, 0.2) is 0 Å². The van der Waals surface area contributed by atoms with Gasteiger partial charge in [-0.1, -0.05) is 26.7 Å². The van der Waals surface area contributed by atoms with E-state index in [-0.39, 0.29) is 11.8 Å². The topological polar surface area (TPSA) is 32.8 Å². The van der Waals surface area contributed by atoms with Gasteiger partial charge in [0.05, 0.1) is 19.8 Å². The standard InChI is InChI=1S/C9H15NO.C6H13NO/c1-2-3-4-5-10-6-8-11-9-7-10;1-5(2)6(8)7(3)4/h2,5-9H2,1H3;5H,1-4H3. The molecular formula is C15H28N2O2. The maximum atomic E-state index is 10.8. The van der Waals surface area contributed by atoms with Crippen LogP contribution in [0.15, 0.2) is 0 Å². The number of hydrogen-bond acceptors (Lipinski definition) is 3. The van der Waals surface area contributed by atoms with Crippen LogP contribution in [0.3, 0.4) is 0 Å². The molecule has 0 atom stereocenters. The van der Waals surface area contributed by atoms with Crippen LogP contribution in [0.25, 0.3) is 0 Å². The van der Waals surface area contributed by atoms with Crippen LogP contribution < -0.4 is 0 Å². The number of ether oxygens (including phenoxy) is 1. The minimum Gasteiger partial charge on any atom is -0.379 e. The van der Waals surface area contributed by atoms with Crippen molar-refractivity contribution in [2.45, 2.75) is 27.2 Å². The molecule has 1 rings (SSSR count). The summed E-state index contributed by atoms with van der Waals surface area (Å²) in [6.45, 7) is 10.6. The van der Waals surface area contributed by atoms with E-state index in [0.29, 0.717) is 0 Å². The lowest BCUT2D eigenvalue weighted by Crippen LogP contribution is -2.36. The number of carbonyl (C=O) groups is 1. The fraction of sp³-hybridized carbons (Fsp3) is 0.800. The molecule has 1 aliphatic heterocycles. The highest BCUT2D eigenvalue weighted by Crippen LogP contribution is 1.95. The van der Waals surface area contributed by atoms with Gasteiger partial charge in [0.1, 0.15) is 0 Å². The fourth-order valence-corrected chi connectivity index (χ4v) is 1.57. The number of rotatable bonds is 2. The summed E-state index contributed by atoms with van der Waals surface area (Å²) >= 11 is 0. The molecule has 0 saturated carbocycles. The van der Waals surface area contributed by atoms with Crippen molar-refractivity contribution < 1.29 is 9.53 Å². The third-order valence-electron chi connectivity index (χ3n) is 2.64. The highest BCUT2D eigenvalue weighted by Gasteiger charge is 2.07. The highest BCUT2D eigenvalue weighted by atomic mass is 16.5. The summed E-state index contributed by atoms with van der Waals surface area (Å²) in [4.78, 5) is 14.7. The van der Waals surface area contributed by atoms with Crippen molar-refractivity contribution in [1.82, 2.24) is 9.80 Å². The zero-order valence-corrected chi connectivity index (χ0v) is 13.0. The molecule has 0 N–H and O–H groups in total. The quantitative estimate of drug-likeness (QED) is 0.711. The van der Waals surface area contributed by atoms with Crippen molar-refractivity contribution in [3.8, 4) is 11.8 Å². The summed E-state index contributed by atoms with van der Waals surface area (Å²) < 4.78 is 5.22. The Bertz CT molecular complexity index is 287. The lowest BCUT2D eigenvalue weighted by Gasteiger charge is -2.24. The van der Waals surface area contributed by atoms with Crippen molar-refractivity contribution >= 4 is 5.91 Å². The van der Waals surface area contributed by atoms with Gasteiger partial charge in [0, 0.05) is 39.5 Å².